The van der Waals surface area contributed by atoms with Gasteiger partial charge in [0.25, 0.3) is 17.7 Å². The van der Waals surface area contributed by atoms with Crippen molar-refractivity contribution in [2.24, 2.45) is 0 Å². The van der Waals surface area contributed by atoms with E-state index >= 15 is 0 Å². The van der Waals surface area contributed by atoms with Crippen LogP contribution in [0.25, 0.3) is 0 Å². The van der Waals surface area contributed by atoms with E-state index in [1.165, 1.54) is 0 Å². The molecule has 0 heterocycles. The molecule has 0 saturated heterocycles. The van der Waals surface area contributed by atoms with Crippen LogP contribution >= 0.6 is 12.2 Å². The minimum atomic E-state index is -0.468. The zero-order valence-corrected chi connectivity index (χ0v) is 19.4. The number of hydrazine groups is 1. The van der Waals surface area contributed by atoms with Gasteiger partial charge < -0.3 is 10.1 Å². The molecule has 174 valence electrons. The molecule has 34 heavy (non-hydrogen) atoms. The number of rotatable bonds is 6. The lowest BCUT2D eigenvalue weighted by atomic mass is 10.1. The van der Waals surface area contributed by atoms with Crippen molar-refractivity contribution in [2.45, 2.75) is 20.0 Å². The lowest BCUT2D eigenvalue weighted by Gasteiger charge is -2.13. The van der Waals surface area contributed by atoms with Gasteiger partial charge in [-0.2, -0.15) is 0 Å². The Morgan fingerprint density at radius 2 is 1.38 bits per heavy atom. The highest BCUT2D eigenvalue weighted by Crippen LogP contribution is 2.15. The van der Waals surface area contributed by atoms with Crippen molar-refractivity contribution in [3.05, 3.63) is 95.6 Å². The van der Waals surface area contributed by atoms with Crippen LogP contribution in [-0.2, 0) is 0 Å². The molecule has 3 aromatic rings. The molecule has 0 aliphatic heterocycles. The SMILES string of the molecule is CC(C)Oc1cccc(C(=O)NC(=S)NNC(=O)c2ccc(NC(=O)c3ccccc3)cc2)c1. The Labute approximate surface area is 202 Å². The number of anilines is 1. The van der Waals surface area contributed by atoms with Crippen molar-refractivity contribution < 1.29 is 19.1 Å². The van der Waals surface area contributed by atoms with E-state index in [2.05, 4.69) is 21.5 Å². The molecular weight excluding hydrogens is 452 g/mol. The van der Waals surface area contributed by atoms with E-state index in [-0.39, 0.29) is 17.1 Å². The highest BCUT2D eigenvalue weighted by molar-refractivity contribution is 7.80. The van der Waals surface area contributed by atoms with Gasteiger partial charge in [-0.3, -0.25) is 30.6 Å². The van der Waals surface area contributed by atoms with Crippen molar-refractivity contribution in [1.82, 2.24) is 16.2 Å². The van der Waals surface area contributed by atoms with Crippen LogP contribution in [0, 0.1) is 0 Å². The first-order chi connectivity index (χ1) is 16.3. The van der Waals surface area contributed by atoms with E-state index in [0.717, 1.165) is 0 Å². The van der Waals surface area contributed by atoms with Crippen LogP contribution in [0.3, 0.4) is 0 Å². The van der Waals surface area contributed by atoms with Crippen LogP contribution in [0.1, 0.15) is 44.9 Å². The van der Waals surface area contributed by atoms with Gasteiger partial charge in [-0.25, -0.2) is 0 Å². The molecule has 0 aliphatic rings. The summed E-state index contributed by atoms with van der Waals surface area (Å²) in [6.45, 7) is 3.78. The van der Waals surface area contributed by atoms with Gasteiger partial charge in [0.1, 0.15) is 5.75 Å². The average Bonchev–Trinajstić information content (AvgIpc) is 2.83. The Hall–Kier alpha value is -4.24. The maximum atomic E-state index is 12.4. The van der Waals surface area contributed by atoms with Crippen LogP contribution in [0.5, 0.6) is 5.75 Å². The molecule has 0 spiro atoms. The largest absolute Gasteiger partial charge is 0.491 e. The number of ether oxygens (including phenoxy) is 1. The van der Waals surface area contributed by atoms with Gasteiger partial charge in [0.05, 0.1) is 6.10 Å². The monoisotopic (exact) mass is 476 g/mol. The summed E-state index contributed by atoms with van der Waals surface area (Å²) in [6, 6.07) is 21.8. The zero-order valence-electron chi connectivity index (χ0n) is 18.6. The second-order valence-corrected chi connectivity index (χ2v) is 7.86. The third-order valence-electron chi connectivity index (χ3n) is 4.43. The summed E-state index contributed by atoms with van der Waals surface area (Å²) < 4.78 is 5.58. The smallest absolute Gasteiger partial charge is 0.269 e. The fourth-order valence-electron chi connectivity index (χ4n) is 2.87. The van der Waals surface area contributed by atoms with Crippen LogP contribution in [-0.4, -0.2) is 28.9 Å². The molecule has 0 radical (unpaired) electrons. The summed E-state index contributed by atoms with van der Waals surface area (Å²) in [7, 11) is 0. The molecule has 3 aromatic carbocycles. The first-order valence-corrected chi connectivity index (χ1v) is 10.9. The fourth-order valence-corrected chi connectivity index (χ4v) is 3.02. The van der Waals surface area contributed by atoms with Crippen molar-refractivity contribution in [3.63, 3.8) is 0 Å². The summed E-state index contributed by atoms with van der Waals surface area (Å²) in [4.78, 5) is 37.0. The van der Waals surface area contributed by atoms with E-state index in [4.69, 9.17) is 17.0 Å². The molecule has 0 unspecified atom stereocenters. The number of hydrogen-bond acceptors (Lipinski definition) is 5. The molecule has 0 atom stereocenters. The average molecular weight is 477 g/mol. The van der Waals surface area contributed by atoms with E-state index < -0.39 is 11.8 Å². The molecule has 0 bridgehead atoms. The lowest BCUT2D eigenvalue weighted by molar-refractivity contribution is 0.0934. The standard InChI is InChI=1S/C25H24N4O4S/c1-16(2)33-21-10-6-9-19(15-21)23(31)27-25(34)29-28-24(32)18-11-13-20(14-12-18)26-22(30)17-7-4-3-5-8-17/h3-16H,1-2H3,(H,26,30)(H,28,32)(H2,27,29,31,34). The quantitative estimate of drug-likeness (QED) is 0.319. The molecule has 9 heteroatoms. The van der Waals surface area contributed by atoms with Gasteiger partial charge >= 0.3 is 0 Å². The Morgan fingerprint density at radius 1 is 0.735 bits per heavy atom. The van der Waals surface area contributed by atoms with Crippen molar-refractivity contribution >= 4 is 40.7 Å². The molecule has 0 aromatic heterocycles. The van der Waals surface area contributed by atoms with Crippen LogP contribution in [0.2, 0.25) is 0 Å². The van der Waals surface area contributed by atoms with E-state index in [1.54, 1.807) is 72.8 Å². The van der Waals surface area contributed by atoms with Crippen LogP contribution in [0.4, 0.5) is 5.69 Å². The van der Waals surface area contributed by atoms with Gasteiger partial charge in [0, 0.05) is 22.4 Å². The third-order valence-corrected chi connectivity index (χ3v) is 4.63. The minimum absolute atomic E-state index is 0.0227. The summed E-state index contributed by atoms with van der Waals surface area (Å²) in [6.07, 6.45) is -0.0227. The summed E-state index contributed by atoms with van der Waals surface area (Å²) in [5, 5.41) is 5.19. The maximum absolute atomic E-state index is 12.4. The normalized spacial score (nSPS) is 10.2. The Bertz CT molecular complexity index is 1180. The number of thiocarbonyl (C=S) groups is 1. The molecule has 0 aliphatic carbocycles. The maximum Gasteiger partial charge on any atom is 0.269 e. The van der Waals surface area contributed by atoms with Crippen molar-refractivity contribution in [3.8, 4) is 5.75 Å². The highest BCUT2D eigenvalue weighted by atomic mass is 32.1. The van der Waals surface area contributed by atoms with Crippen molar-refractivity contribution in [1.29, 1.82) is 0 Å². The topological polar surface area (TPSA) is 109 Å². The number of amides is 3. The number of carbonyl (C=O) groups is 3. The molecule has 4 N–H and O–H groups in total. The Balaban J connectivity index is 1.49. The molecule has 0 saturated carbocycles. The van der Waals surface area contributed by atoms with Gasteiger partial charge in [0.15, 0.2) is 5.11 Å². The second-order valence-electron chi connectivity index (χ2n) is 7.45. The Kier molecular flexibility index (Phi) is 8.31. The van der Waals surface area contributed by atoms with E-state index in [9.17, 15) is 14.4 Å². The molecule has 8 nitrogen and oxygen atoms in total. The molecule has 3 amide bonds. The first-order valence-electron chi connectivity index (χ1n) is 10.5. The predicted octanol–water partition coefficient (Wildman–Crippen LogP) is 3.68. The number of benzene rings is 3. The van der Waals surface area contributed by atoms with Gasteiger partial charge in [-0.05, 0) is 80.7 Å². The van der Waals surface area contributed by atoms with Crippen LogP contribution in [0.15, 0.2) is 78.9 Å². The zero-order chi connectivity index (χ0) is 24.5. The summed E-state index contributed by atoms with van der Waals surface area (Å²) >= 11 is 5.08. The fraction of sp³-hybridized carbons (Fsp3) is 0.120. The molecule has 3 rings (SSSR count). The number of carbonyl (C=O) groups excluding carboxylic acids is 3. The second kappa shape index (κ2) is 11.6. The van der Waals surface area contributed by atoms with E-state index in [0.29, 0.717) is 28.1 Å². The van der Waals surface area contributed by atoms with E-state index in [1.807, 2.05) is 19.9 Å². The van der Waals surface area contributed by atoms with Gasteiger partial charge in [0.2, 0.25) is 0 Å². The van der Waals surface area contributed by atoms with Crippen molar-refractivity contribution in [2.75, 3.05) is 5.32 Å². The summed E-state index contributed by atoms with van der Waals surface area (Å²) in [5.74, 6) is -0.593. The molecule has 0 fully saturated rings. The lowest BCUT2D eigenvalue weighted by Crippen LogP contribution is -2.48. The van der Waals surface area contributed by atoms with Gasteiger partial charge in [-0.15, -0.1) is 0 Å². The number of nitrogens with one attached hydrogen (secondary N) is 4. The number of hydrogen-bond donors (Lipinski definition) is 4. The predicted molar refractivity (Wildman–Crippen MR) is 134 cm³/mol. The minimum Gasteiger partial charge on any atom is -0.491 e. The van der Waals surface area contributed by atoms with Gasteiger partial charge in [-0.1, -0.05) is 24.3 Å². The highest BCUT2D eigenvalue weighted by Gasteiger charge is 2.11. The Morgan fingerprint density at radius 3 is 2.06 bits per heavy atom. The van der Waals surface area contributed by atoms with Crippen LogP contribution < -0.4 is 26.2 Å². The molecular formula is C25H24N4O4S. The first kappa shape index (κ1) is 24.4. The third kappa shape index (κ3) is 7.14. The summed E-state index contributed by atoms with van der Waals surface area (Å²) in [5.41, 5.74) is 6.69.